The monoisotopic (exact) mass is 403 g/mol. The Morgan fingerprint density at radius 3 is 2.90 bits per heavy atom. The standard InChI is InChI=1S/C21H17N5O4/c1-30-18-5-3-16-11-26(20(28)19(16)7-18)12-17(25-21(29)24-13-27)4-2-14-6-15(8-22)10-23-9-14/h3,5-7,9-10,13,17H,11-12H2,1H3,(H2,24,25,27,29)/t17-/m1/s1. The van der Waals surface area contributed by atoms with Gasteiger partial charge in [-0.15, -0.1) is 0 Å². The molecule has 2 heterocycles. The first kappa shape index (κ1) is 20.4. The zero-order valence-electron chi connectivity index (χ0n) is 16.0. The van der Waals surface area contributed by atoms with E-state index in [1.165, 1.54) is 19.5 Å². The molecule has 2 aromatic rings. The van der Waals surface area contributed by atoms with Gasteiger partial charge < -0.3 is 15.0 Å². The summed E-state index contributed by atoms with van der Waals surface area (Å²) in [7, 11) is 1.52. The lowest BCUT2D eigenvalue weighted by molar-refractivity contribution is -0.108. The van der Waals surface area contributed by atoms with Crippen LogP contribution in [0.1, 0.15) is 27.0 Å². The minimum Gasteiger partial charge on any atom is -0.497 e. The molecule has 0 bridgehead atoms. The van der Waals surface area contributed by atoms with E-state index in [1.54, 1.807) is 23.1 Å². The summed E-state index contributed by atoms with van der Waals surface area (Å²) in [6, 6.07) is 7.30. The van der Waals surface area contributed by atoms with Gasteiger partial charge in [-0.05, 0) is 23.8 Å². The first-order valence-electron chi connectivity index (χ1n) is 8.87. The predicted molar refractivity (Wildman–Crippen MR) is 105 cm³/mol. The highest BCUT2D eigenvalue weighted by Gasteiger charge is 2.29. The smallest absolute Gasteiger partial charge is 0.322 e. The zero-order valence-corrected chi connectivity index (χ0v) is 16.0. The molecule has 0 fully saturated rings. The number of ether oxygens (including phenoxy) is 1. The number of benzene rings is 1. The number of carbonyl (C=O) groups is 3. The van der Waals surface area contributed by atoms with Gasteiger partial charge in [0.25, 0.3) is 5.91 Å². The number of aromatic nitrogens is 1. The normalized spacial score (nSPS) is 12.7. The van der Waals surface area contributed by atoms with Crippen LogP contribution in [-0.4, -0.2) is 47.9 Å². The van der Waals surface area contributed by atoms with E-state index in [-0.39, 0.29) is 18.9 Å². The highest BCUT2D eigenvalue weighted by molar-refractivity contribution is 5.98. The van der Waals surface area contributed by atoms with Gasteiger partial charge in [0.1, 0.15) is 17.9 Å². The lowest BCUT2D eigenvalue weighted by Gasteiger charge is -2.21. The summed E-state index contributed by atoms with van der Waals surface area (Å²) in [6.45, 7) is 0.458. The third-order valence-corrected chi connectivity index (χ3v) is 4.35. The quantitative estimate of drug-likeness (QED) is 0.562. The van der Waals surface area contributed by atoms with Gasteiger partial charge in [0.15, 0.2) is 0 Å². The molecule has 1 aromatic carbocycles. The van der Waals surface area contributed by atoms with Crippen molar-refractivity contribution in [2.75, 3.05) is 13.7 Å². The van der Waals surface area contributed by atoms with Crippen LogP contribution in [0.4, 0.5) is 4.79 Å². The number of pyridine rings is 1. The molecule has 0 spiro atoms. The Balaban J connectivity index is 1.80. The molecule has 1 atom stereocenters. The molecule has 4 amide bonds. The van der Waals surface area contributed by atoms with Crippen molar-refractivity contribution in [3.63, 3.8) is 0 Å². The van der Waals surface area contributed by atoms with Crippen molar-refractivity contribution in [3.8, 4) is 23.7 Å². The Labute approximate surface area is 172 Å². The average Bonchev–Trinajstić information content (AvgIpc) is 3.07. The fraction of sp³-hybridized carbons (Fsp3) is 0.190. The molecular weight excluding hydrogens is 386 g/mol. The predicted octanol–water partition coefficient (Wildman–Crippen LogP) is 0.794. The maximum Gasteiger partial charge on any atom is 0.322 e. The molecule has 0 unspecified atom stereocenters. The molecule has 1 aromatic heterocycles. The van der Waals surface area contributed by atoms with E-state index in [2.05, 4.69) is 22.1 Å². The molecule has 150 valence electrons. The molecule has 30 heavy (non-hydrogen) atoms. The second-order valence-electron chi connectivity index (χ2n) is 6.34. The summed E-state index contributed by atoms with van der Waals surface area (Å²) in [5.74, 6) is 6.08. The van der Waals surface area contributed by atoms with Crippen molar-refractivity contribution in [1.82, 2.24) is 20.5 Å². The number of nitriles is 1. The summed E-state index contributed by atoms with van der Waals surface area (Å²) in [5.41, 5.74) is 2.21. The highest BCUT2D eigenvalue weighted by Crippen LogP contribution is 2.26. The first-order chi connectivity index (χ1) is 14.5. The number of rotatable bonds is 5. The van der Waals surface area contributed by atoms with Gasteiger partial charge in [-0.2, -0.15) is 5.26 Å². The number of fused-ring (bicyclic) bond motifs is 1. The van der Waals surface area contributed by atoms with Gasteiger partial charge in [-0.25, -0.2) is 4.79 Å². The number of hydrogen-bond donors (Lipinski definition) is 2. The number of urea groups is 1. The van der Waals surface area contributed by atoms with Crippen molar-refractivity contribution >= 4 is 18.3 Å². The van der Waals surface area contributed by atoms with Crippen LogP contribution in [-0.2, 0) is 11.3 Å². The molecule has 0 aliphatic carbocycles. The van der Waals surface area contributed by atoms with E-state index in [4.69, 9.17) is 10.00 Å². The van der Waals surface area contributed by atoms with Gasteiger partial charge in [0.05, 0.1) is 19.2 Å². The number of hydrogen-bond acceptors (Lipinski definition) is 6. The van der Waals surface area contributed by atoms with E-state index < -0.39 is 12.1 Å². The Bertz CT molecular complexity index is 1100. The number of amides is 4. The molecule has 3 rings (SSSR count). The fourth-order valence-electron chi connectivity index (χ4n) is 2.96. The Kier molecular flexibility index (Phi) is 6.26. The summed E-state index contributed by atoms with van der Waals surface area (Å²) >= 11 is 0. The summed E-state index contributed by atoms with van der Waals surface area (Å²) in [5, 5.41) is 13.5. The molecule has 0 radical (unpaired) electrons. The number of carbonyl (C=O) groups excluding carboxylic acids is 3. The molecular formula is C21H17N5O4. The molecule has 9 heteroatoms. The van der Waals surface area contributed by atoms with Gasteiger partial charge >= 0.3 is 6.03 Å². The lowest BCUT2D eigenvalue weighted by atomic mass is 10.1. The maximum atomic E-state index is 12.8. The third kappa shape index (κ3) is 4.72. The van der Waals surface area contributed by atoms with E-state index >= 15 is 0 Å². The second kappa shape index (κ2) is 9.22. The van der Waals surface area contributed by atoms with E-state index in [0.717, 1.165) is 5.56 Å². The van der Waals surface area contributed by atoms with Crippen LogP contribution >= 0.6 is 0 Å². The summed E-state index contributed by atoms with van der Waals surface area (Å²) in [4.78, 5) is 40.6. The zero-order chi connectivity index (χ0) is 21.5. The lowest BCUT2D eigenvalue weighted by Crippen LogP contribution is -2.46. The summed E-state index contributed by atoms with van der Waals surface area (Å²) < 4.78 is 5.17. The van der Waals surface area contributed by atoms with Crippen LogP contribution in [0.5, 0.6) is 5.75 Å². The van der Waals surface area contributed by atoms with Crippen molar-refractivity contribution in [2.24, 2.45) is 0 Å². The number of nitrogens with one attached hydrogen (secondary N) is 2. The molecule has 2 N–H and O–H groups in total. The Morgan fingerprint density at radius 2 is 2.17 bits per heavy atom. The molecule has 9 nitrogen and oxygen atoms in total. The minimum atomic E-state index is -0.768. The van der Waals surface area contributed by atoms with Crippen LogP contribution in [0.2, 0.25) is 0 Å². The van der Waals surface area contributed by atoms with Gasteiger partial charge in [-0.3, -0.25) is 19.9 Å². The van der Waals surface area contributed by atoms with Gasteiger partial charge in [0.2, 0.25) is 6.41 Å². The van der Waals surface area contributed by atoms with E-state index in [9.17, 15) is 14.4 Å². The maximum absolute atomic E-state index is 12.8. The van der Waals surface area contributed by atoms with Crippen LogP contribution in [0.15, 0.2) is 36.7 Å². The largest absolute Gasteiger partial charge is 0.497 e. The Morgan fingerprint density at radius 1 is 1.37 bits per heavy atom. The van der Waals surface area contributed by atoms with E-state index in [0.29, 0.717) is 29.0 Å². The van der Waals surface area contributed by atoms with Gasteiger partial charge in [-0.1, -0.05) is 17.9 Å². The molecule has 0 saturated heterocycles. The van der Waals surface area contributed by atoms with Crippen molar-refractivity contribution in [1.29, 1.82) is 5.26 Å². The fourth-order valence-corrected chi connectivity index (χ4v) is 2.96. The first-order valence-corrected chi connectivity index (χ1v) is 8.87. The van der Waals surface area contributed by atoms with E-state index in [1.807, 2.05) is 17.5 Å². The highest BCUT2D eigenvalue weighted by atomic mass is 16.5. The number of methoxy groups -OCH3 is 1. The van der Waals surface area contributed by atoms with Crippen molar-refractivity contribution in [3.05, 3.63) is 58.9 Å². The molecule has 1 aliphatic rings. The Hall–Kier alpha value is -4.37. The average molecular weight is 403 g/mol. The van der Waals surface area contributed by atoms with Crippen molar-refractivity contribution in [2.45, 2.75) is 12.6 Å². The molecule has 1 aliphatic heterocycles. The van der Waals surface area contributed by atoms with Gasteiger partial charge in [0, 0.05) is 30.1 Å². The topological polar surface area (TPSA) is 124 Å². The second-order valence-corrected chi connectivity index (χ2v) is 6.34. The van der Waals surface area contributed by atoms with Crippen LogP contribution in [0, 0.1) is 23.2 Å². The SMILES string of the molecule is COc1ccc2c(c1)C(=O)N(C[C@@H](C#Cc1cncc(C#N)c1)NC(=O)NC=O)C2. The summed E-state index contributed by atoms with van der Waals surface area (Å²) in [6.07, 6.45) is 3.15. The number of nitrogens with zero attached hydrogens (tertiary/aromatic N) is 3. The molecule has 0 saturated carbocycles. The van der Waals surface area contributed by atoms with Crippen LogP contribution < -0.4 is 15.4 Å². The van der Waals surface area contributed by atoms with Crippen molar-refractivity contribution < 1.29 is 19.1 Å². The number of imide groups is 1. The van der Waals surface area contributed by atoms with Crippen LogP contribution in [0.3, 0.4) is 0 Å². The van der Waals surface area contributed by atoms with Crippen LogP contribution in [0.25, 0.3) is 0 Å². The minimum absolute atomic E-state index is 0.0977. The third-order valence-electron chi connectivity index (χ3n) is 4.35.